The average molecular weight is 444 g/mol. The molecule has 3 nitrogen and oxygen atoms in total. The Morgan fingerprint density at radius 2 is 1.57 bits per heavy atom. The third kappa shape index (κ3) is 5.81. The lowest BCUT2D eigenvalue weighted by Crippen LogP contribution is -2.13. The molecule has 3 rings (SSSR count). The van der Waals surface area contributed by atoms with Crippen LogP contribution in [0.25, 0.3) is 0 Å². The van der Waals surface area contributed by atoms with Gasteiger partial charge in [-0.2, -0.15) is 0 Å². The van der Waals surface area contributed by atoms with Gasteiger partial charge in [0.05, 0.1) is 11.1 Å². The highest BCUT2D eigenvalue weighted by Crippen LogP contribution is 2.37. The van der Waals surface area contributed by atoms with Crippen molar-refractivity contribution in [2.75, 3.05) is 6.61 Å². The summed E-state index contributed by atoms with van der Waals surface area (Å²) in [6, 6.07) is 20.6. The number of halogens is 2. The molecule has 0 saturated heterocycles. The van der Waals surface area contributed by atoms with E-state index in [0.29, 0.717) is 37.8 Å². The first kappa shape index (κ1) is 20.4. The molecule has 5 heteroatoms. The Balaban J connectivity index is 1.66. The van der Waals surface area contributed by atoms with Gasteiger partial charge in [-0.3, -0.25) is 0 Å². The van der Waals surface area contributed by atoms with Gasteiger partial charge >= 0.3 is 0 Å². The second kappa shape index (κ2) is 10.2. The van der Waals surface area contributed by atoms with Gasteiger partial charge in [0.1, 0.15) is 12.4 Å². The number of nitrogens with one attached hydrogen (secondary N) is 1. The van der Waals surface area contributed by atoms with Crippen LogP contribution in [-0.4, -0.2) is 6.61 Å². The van der Waals surface area contributed by atoms with Crippen LogP contribution < -0.4 is 14.8 Å². The van der Waals surface area contributed by atoms with E-state index in [1.165, 1.54) is 12.1 Å². The average Bonchev–Trinajstić information content (AvgIpc) is 2.70. The molecule has 3 aromatic rings. The Labute approximate surface area is 173 Å². The van der Waals surface area contributed by atoms with Crippen molar-refractivity contribution in [2.24, 2.45) is 0 Å². The molecule has 0 aromatic heterocycles. The number of hydrogen-bond acceptors (Lipinski definition) is 3. The SMILES string of the molecule is CCOc1cc(CNCc2ccc(F)cc2)cc(Br)c1OCc1ccccc1. The second-order valence-electron chi connectivity index (χ2n) is 6.34. The molecule has 0 saturated carbocycles. The zero-order valence-corrected chi connectivity index (χ0v) is 17.3. The van der Waals surface area contributed by atoms with Crippen molar-refractivity contribution in [1.82, 2.24) is 5.32 Å². The van der Waals surface area contributed by atoms with Crippen molar-refractivity contribution in [3.05, 3.63) is 93.7 Å². The Hall–Kier alpha value is -2.37. The summed E-state index contributed by atoms with van der Waals surface area (Å²) in [7, 11) is 0. The van der Waals surface area contributed by atoms with Gasteiger partial charge < -0.3 is 14.8 Å². The van der Waals surface area contributed by atoms with Crippen molar-refractivity contribution >= 4 is 15.9 Å². The first-order chi connectivity index (χ1) is 13.7. The van der Waals surface area contributed by atoms with Gasteiger partial charge in [0.15, 0.2) is 11.5 Å². The van der Waals surface area contributed by atoms with Crippen LogP contribution in [0.5, 0.6) is 11.5 Å². The Morgan fingerprint density at radius 1 is 0.857 bits per heavy atom. The minimum absolute atomic E-state index is 0.222. The summed E-state index contributed by atoms with van der Waals surface area (Å²) in [4.78, 5) is 0. The Kier molecular flexibility index (Phi) is 7.46. The van der Waals surface area contributed by atoms with Gasteiger partial charge in [-0.05, 0) is 63.8 Å². The van der Waals surface area contributed by atoms with Crippen LogP contribution in [0.15, 0.2) is 71.2 Å². The fraction of sp³-hybridized carbons (Fsp3) is 0.217. The fourth-order valence-electron chi connectivity index (χ4n) is 2.81. The van der Waals surface area contributed by atoms with Gasteiger partial charge in [0.25, 0.3) is 0 Å². The maximum atomic E-state index is 13.0. The zero-order chi connectivity index (χ0) is 19.8. The second-order valence-corrected chi connectivity index (χ2v) is 7.20. The Morgan fingerprint density at radius 3 is 2.29 bits per heavy atom. The van der Waals surface area contributed by atoms with E-state index in [1.54, 1.807) is 12.1 Å². The van der Waals surface area contributed by atoms with E-state index in [4.69, 9.17) is 9.47 Å². The maximum absolute atomic E-state index is 13.0. The quantitative estimate of drug-likeness (QED) is 0.449. The molecule has 0 spiro atoms. The van der Waals surface area contributed by atoms with Crippen LogP contribution in [-0.2, 0) is 19.7 Å². The first-order valence-electron chi connectivity index (χ1n) is 9.23. The number of benzene rings is 3. The maximum Gasteiger partial charge on any atom is 0.175 e. The molecule has 0 aliphatic carbocycles. The van der Waals surface area contributed by atoms with Crippen molar-refractivity contribution in [1.29, 1.82) is 0 Å². The zero-order valence-electron chi connectivity index (χ0n) is 15.8. The number of hydrogen-bond donors (Lipinski definition) is 1. The summed E-state index contributed by atoms with van der Waals surface area (Å²) in [6.45, 7) is 4.31. The van der Waals surface area contributed by atoms with E-state index in [-0.39, 0.29) is 5.82 Å². The van der Waals surface area contributed by atoms with Gasteiger partial charge in [-0.15, -0.1) is 0 Å². The van der Waals surface area contributed by atoms with Crippen LogP contribution in [0.1, 0.15) is 23.6 Å². The molecule has 0 heterocycles. The van der Waals surface area contributed by atoms with E-state index in [9.17, 15) is 4.39 Å². The monoisotopic (exact) mass is 443 g/mol. The van der Waals surface area contributed by atoms with Crippen LogP contribution in [0.3, 0.4) is 0 Å². The number of ether oxygens (including phenoxy) is 2. The normalized spacial score (nSPS) is 10.7. The van der Waals surface area contributed by atoms with Crippen molar-refractivity contribution in [2.45, 2.75) is 26.6 Å². The summed E-state index contributed by atoms with van der Waals surface area (Å²) in [6.07, 6.45) is 0. The van der Waals surface area contributed by atoms with Crippen LogP contribution in [0.2, 0.25) is 0 Å². The largest absolute Gasteiger partial charge is 0.490 e. The third-order valence-corrected chi connectivity index (χ3v) is 4.76. The topological polar surface area (TPSA) is 30.5 Å². The van der Waals surface area contributed by atoms with Gasteiger partial charge in [-0.25, -0.2) is 4.39 Å². The molecule has 0 aliphatic heterocycles. The molecule has 0 radical (unpaired) electrons. The van der Waals surface area contributed by atoms with E-state index in [1.807, 2.05) is 49.4 Å². The standard InChI is InChI=1S/C23H23BrFNO2/c1-2-27-22-13-19(15-26-14-17-8-10-20(25)11-9-17)12-21(24)23(22)28-16-18-6-4-3-5-7-18/h3-13,26H,2,14-16H2,1H3. The molecule has 1 N–H and O–H groups in total. The fourth-order valence-corrected chi connectivity index (χ4v) is 3.41. The van der Waals surface area contributed by atoms with E-state index < -0.39 is 0 Å². The minimum Gasteiger partial charge on any atom is -0.490 e. The summed E-state index contributed by atoms with van der Waals surface area (Å²) >= 11 is 3.61. The highest BCUT2D eigenvalue weighted by molar-refractivity contribution is 9.10. The smallest absolute Gasteiger partial charge is 0.175 e. The molecule has 0 aliphatic rings. The van der Waals surface area contributed by atoms with Crippen LogP contribution in [0.4, 0.5) is 4.39 Å². The van der Waals surface area contributed by atoms with Gasteiger partial charge in [0, 0.05) is 13.1 Å². The summed E-state index contributed by atoms with van der Waals surface area (Å²) in [5.74, 6) is 1.19. The lowest BCUT2D eigenvalue weighted by molar-refractivity contribution is 0.267. The van der Waals surface area contributed by atoms with E-state index in [0.717, 1.165) is 21.2 Å². The molecule has 0 amide bonds. The molecule has 0 fully saturated rings. The lowest BCUT2D eigenvalue weighted by Gasteiger charge is -2.16. The molecule has 0 unspecified atom stereocenters. The first-order valence-corrected chi connectivity index (χ1v) is 10.0. The molecular formula is C23H23BrFNO2. The van der Waals surface area contributed by atoms with Gasteiger partial charge in [0.2, 0.25) is 0 Å². The lowest BCUT2D eigenvalue weighted by atomic mass is 10.1. The van der Waals surface area contributed by atoms with Crippen molar-refractivity contribution in [3.8, 4) is 11.5 Å². The highest BCUT2D eigenvalue weighted by Gasteiger charge is 2.12. The Bertz CT molecular complexity index is 885. The van der Waals surface area contributed by atoms with Crippen molar-refractivity contribution < 1.29 is 13.9 Å². The van der Waals surface area contributed by atoms with Crippen LogP contribution >= 0.6 is 15.9 Å². The van der Waals surface area contributed by atoms with Crippen LogP contribution in [0, 0.1) is 5.82 Å². The summed E-state index contributed by atoms with van der Waals surface area (Å²) in [5, 5.41) is 3.37. The molecule has 28 heavy (non-hydrogen) atoms. The minimum atomic E-state index is -0.222. The van der Waals surface area contributed by atoms with E-state index >= 15 is 0 Å². The predicted molar refractivity (Wildman–Crippen MR) is 113 cm³/mol. The molecular weight excluding hydrogens is 421 g/mol. The van der Waals surface area contributed by atoms with Crippen molar-refractivity contribution in [3.63, 3.8) is 0 Å². The molecule has 0 bridgehead atoms. The van der Waals surface area contributed by atoms with E-state index in [2.05, 4.69) is 21.2 Å². The molecule has 0 atom stereocenters. The molecule has 146 valence electrons. The third-order valence-electron chi connectivity index (χ3n) is 4.17. The molecule has 3 aromatic carbocycles. The number of rotatable bonds is 9. The summed E-state index contributed by atoms with van der Waals surface area (Å²) < 4.78 is 25.7. The summed E-state index contributed by atoms with van der Waals surface area (Å²) in [5.41, 5.74) is 3.21. The predicted octanol–water partition coefficient (Wildman–Crippen LogP) is 5.86. The highest BCUT2D eigenvalue weighted by atomic mass is 79.9. The van der Waals surface area contributed by atoms with Gasteiger partial charge in [-0.1, -0.05) is 42.5 Å².